The summed E-state index contributed by atoms with van der Waals surface area (Å²) in [5.74, 6) is 0. The van der Waals surface area contributed by atoms with Crippen LogP contribution in [0.1, 0.15) is 17.2 Å². The molecule has 0 spiro atoms. The predicted octanol–water partition coefficient (Wildman–Crippen LogP) is 3.57. The number of benzene rings is 2. The molecule has 1 heterocycles. The molecular formula is C18H17FN2. The molecule has 1 saturated heterocycles. The van der Waals surface area contributed by atoms with Crippen molar-refractivity contribution in [2.24, 2.45) is 5.41 Å². The lowest BCUT2D eigenvalue weighted by atomic mass is 9.79. The average Bonchev–Trinajstić information content (AvgIpc) is 2.52. The first kappa shape index (κ1) is 13.8. The summed E-state index contributed by atoms with van der Waals surface area (Å²) >= 11 is 0. The highest BCUT2D eigenvalue weighted by Gasteiger charge is 2.46. The normalized spacial score (nSPS) is 17.2. The van der Waals surface area contributed by atoms with Gasteiger partial charge in [-0.2, -0.15) is 5.26 Å². The molecule has 106 valence electrons. The minimum atomic E-state index is -0.818. The van der Waals surface area contributed by atoms with E-state index >= 15 is 0 Å². The summed E-state index contributed by atoms with van der Waals surface area (Å²) in [5.41, 5.74) is 1.53. The van der Waals surface area contributed by atoms with Crippen molar-refractivity contribution in [1.29, 1.82) is 5.26 Å². The fraction of sp³-hybridized carbons (Fsp3) is 0.278. The number of nitriles is 1. The molecule has 0 aromatic heterocycles. The summed E-state index contributed by atoms with van der Waals surface area (Å²) in [5, 5.41) is 9.16. The summed E-state index contributed by atoms with van der Waals surface area (Å²) in [7, 11) is 0. The second-order valence-electron chi connectivity index (χ2n) is 5.65. The molecule has 3 heteroatoms. The molecule has 0 unspecified atom stereocenters. The van der Waals surface area contributed by atoms with Gasteiger partial charge in [0, 0.05) is 13.1 Å². The Morgan fingerprint density at radius 3 is 1.86 bits per heavy atom. The van der Waals surface area contributed by atoms with Crippen molar-refractivity contribution < 1.29 is 4.39 Å². The van der Waals surface area contributed by atoms with E-state index in [1.165, 1.54) is 11.1 Å². The van der Waals surface area contributed by atoms with E-state index < -0.39 is 12.1 Å². The average molecular weight is 280 g/mol. The minimum Gasteiger partial charge on any atom is -0.289 e. The lowest BCUT2D eigenvalue weighted by Gasteiger charge is -2.48. The van der Waals surface area contributed by atoms with E-state index in [0.29, 0.717) is 13.1 Å². The molecule has 0 amide bonds. The summed E-state index contributed by atoms with van der Waals surface area (Å²) in [6, 6.07) is 22.6. The van der Waals surface area contributed by atoms with Gasteiger partial charge in [-0.05, 0) is 11.1 Å². The number of nitrogens with zero attached hydrogens (tertiary/aromatic N) is 2. The zero-order valence-electron chi connectivity index (χ0n) is 11.7. The molecule has 2 aromatic carbocycles. The Bertz CT molecular complexity index is 588. The van der Waals surface area contributed by atoms with Crippen molar-refractivity contribution in [3.05, 3.63) is 71.8 Å². The highest BCUT2D eigenvalue weighted by atomic mass is 19.1. The van der Waals surface area contributed by atoms with Crippen LogP contribution in [0.15, 0.2) is 60.7 Å². The number of hydrogen-bond acceptors (Lipinski definition) is 2. The Morgan fingerprint density at radius 2 is 1.48 bits per heavy atom. The highest BCUT2D eigenvalue weighted by Crippen LogP contribution is 2.40. The van der Waals surface area contributed by atoms with Crippen LogP contribution in [-0.4, -0.2) is 24.7 Å². The summed E-state index contributed by atoms with van der Waals surface area (Å²) in [4.78, 5) is 2.17. The molecule has 0 N–H and O–H groups in total. The van der Waals surface area contributed by atoms with Gasteiger partial charge >= 0.3 is 0 Å². The maximum atomic E-state index is 13.1. The molecule has 2 aromatic rings. The number of rotatable bonds is 4. The maximum Gasteiger partial charge on any atom is 0.111 e. The van der Waals surface area contributed by atoms with Crippen LogP contribution in [0, 0.1) is 16.7 Å². The van der Waals surface area contributed by atoms with Gasteiger partial charge < -0.3 is 0 Å². The van der Waals surface area contributed by atoms with E-state index in [4.69, 9.17) is 5.26 Å². The van der Waals surface area contributed by atoms with Gasteiger partial charge in [0.15, 0.2) is 0 Å². The zero-order chi connectivity index (χ0) is 14.7. The molecule has 3 rings (SSSR count). The van der Waals surface area contributed by atoms with Crippen LogP contribution in [-0.2, 0) is 0 Å². The predicted molar refractivity (Wildman–Crippen MR) is 80.3 cm³/mol. The minimum absolute atomic E-state index is 0.0837. The van der Waals surface area contributed by atoms with E-state index in [9.17, 15) is 4.39 Å². The van der Waals surface area contributed by atoms with E-state index in [1.807, 2.05) is 36.4 Å². The standard InChI is InChI=1S/C18H17FN2/c19-11-18(12-20)13-21(14-18)17(15-7-3-1-4-8-15)16-9-5-2-6-10-16/h1-10,17H,11,13-14H2. The van der Waals surface area contributed by atoms with E-state index in [2.05, 4.69) is 35.2 Å². The number of likely N-dealkylation sites (tertiary alicyclic amines) is 1. The topological polar surface area (TPSA) is 27.0 Å². The molecule has 0 radical (unpaired) electrons. The second-order valence-corrected chi connectivity index (χ2v) is 5.65. The third kappa shape index (κ3) is 2.55. The van der Waals surface area contributed by atoms with Gasteiger partial charge in [0.2, 0.25) is 0 Å². The molecule has 0 aliphatic carbocycles. The molecular weight excluding hydrogens is 263 g/mol. The molecule has 1 fully saturated rings. The van der Waals surface area contributed by atoms with Crippen LogP contribution in [0.25, 0.3) is 0 Å². The van der Waals surface area contributed by atoms with Crippen LogP contribution in [0.2, 0.25) is 0 Å². The van der Waals surface area contributed by atoms with Crippen molar-refractivity contribution in [3.63, 3.8) is 0 Å². The summed E-state index contributed by atoms with van der Waals surface area (Å²) in [6.07, 6.45) is 0. The lowest BCUT2D eigenvalue weighted by molar-refractivity contribution is 0.00314. The number of alkyl halides is 1. The molecule has 0 atom stereocenters. The fourth-order valence-electron chi connectivity index (χ4n) is 2.98. The van der Waals surface area contributed by atoms with Crippen LogP contribution < -0.4 is 0 Å². The van der Waals surface area contributed by atoms with E-state index in [1.54, 1.807) is 0 Å². The third-order valence-electron chi connectivity index (χ3n) is 4.10. The largest absolute Gasteiger partial charge is 0.289 e. The monoisotopic (exact) mass is 280 g/mol. The van der Waals surface area contributed by atoms with Crippen molar-refractivity contribution in [2.75, 3.05) is 19.8 Å². The first-order valence-corrected chi connectivity index (χ1v) is 7.09. The Hall–Kier alpha value is -2.18. The van der Waals surface area contributed by atoms with Crippen molar-refractivity contribution in [1.82, 2.24) is 4.90 Å². The van der Waals surface area contributed by atoms with Crippen molar-refractivity contribution in [3.8, 4) is 6.07 Å². The van der Waals surface area contributed by atoms with Gasteiger partial charge in [-0.15, -0.1) is 0 Å². The fourth-order valence-corrected chi connectivity index (χ4v) is 2.98. The zero-order valence-corrected chi connectivity index (χ0v) is 11.7. The lowest BCUT2D eigenvalue weighted by Crippen LogP contribution is -2.57. The van der Waals surface area contributed by atoms with Crippen molar-refractivity contribution in [2.45, 2.75) is 6.04 Å². The molecule has 21 heavy (non-hydrogen) atoms. The summed E-state index contributed by atoms with van der Waals surface area (Å²) < 4.78 is 13.1. The smallest absolute Gasteiger partial charge is 0.111 e. The van der Waals surface area contributed by atoms with E-state index in [-0.39, 0.29) is 6.04 Å². The van der Waals surface area contributed by atoms with Gasteiger partial charge in [0.05, 0.1) is 12.1 Å². The van der Waals surface area contributed by atoms with Gasteiger partial charge in [0.25, 0.3) is 0 Å². The van der Waals surface area contributed by atoms with E-state index in [0.717, 1.165) is 0 Å². The number of halogens is 1. The highest BCUT2D eigenvalue weighted by molar-refractivity contribution is 5.33. The molecule has 1 aliphatic heterocycles. The second kappa shape index (κ2) is 5.67. The number of hydrogen-bond donors (Lipinski definition) is 0. The Morgan fingerprint density at radius 1 is 1.00 bits per heavy atom. The first-order chi connectivity index (χ1) is 10.3. The Balaban J connectivity index is 1.91. The van der Waals surface area contributed by atoms with Gasteiger partial charge in [-0.25, -0.2) is 4.39 Å². The van der Waals surface area contributed by atoms with Gasteiger partial charge in [-0.1, -0.05) is 60.7 Å². The third-order valence-corrected chi connectivity index (χ3v) is 4.10. The molecule has 0 bridgehead atoms. The van der Waals surface area contributed by atoms with Crippen LogP contribution >= 0.6 is 0 Å². The molecule has 0 saturated carbocycles. The van der Waals surface area contributed by atoms with Gasteiger partial charge in [0.1, 0.15) is 12.1 Å². The first-order valence-electron chi connectivity index (χ1n) is 7.09. The van der Waals surface area contributed by atoms with Crippen LogP contribution in [0.4, 0.5) is 4.39 Å². The maximum absolute atomic E-state index is 13.1. The van der Waals surface area contributed by atoms with Crippen LogP contribution in [0.3, 0.4) is 0 Å². The molecule has 1 aliphatic rings. The molecule has 2 nitrogen and oxygen atoms in total. The van der Waals surface area contributed by atoms with Gasteiger partial charge in [-0.3, -0.25) is 4.90 Å². The summed E-state index contributed by atoms with van der Waals surface area (Å²) in [6.45, 7) is 0.388. The quantitative estimate of drug-likeness (QED) is 0.856. The Kier molecular flexibility index (Phi) is 3.72. The SMILES string of the molecule is N#CC1(CF)CN(C(c2ccccc2)c2ccccc2)C1. The Labute approximate surface area is 124 Å². The van der Waals surface area contributed by atoms with Crippen molar-refractivity contribution >= 4 is 0 Å². The van der Waals surface area contributed by atoms with Crippen LogP contribution in [0.5, 0.6) is 0 Å².